The maximum atomic E-state index is 12.9. The standard InChI is InChI=1S/C64H112O6/c1-4-7-10-13-16-19-22-25-28-30-32-34-36-39-42-45-48-51-54-57-63(66)69-60-61(59-68-62(65)56-53-50-47-44-41-38-35-27-24-21-18-15-12-9-6-3)70-64(67)58-55-52-49-46-43-40-37-33-31-29-26-23-20-17-14-11-8-5-2/h18,21,23-24,26-27,29-33,37,61H,4-17,19-20,22,25,28,34-36,38-60H2,1-3H3/b21-18-,26-23-,27-24-,31-29-,32-30-,37-33-. The van der Waals surface area contributed by atoms with E-state index in [9.17, 15) is 14.4 Å². The van der Waals surface area contributed by atoms with Crippen LogP contribution in [0.5, 0.6) is 0 Å². The van der Waals surface area contributed by atoms with E-state index in [-0.39, 0.29) is 31.1 Å². The van der Waals surface area contributed by atoms with E-state index in [4.69, 9.17) is 14.2 Å². The number of esters is 3. The van der Waals surface area contributed by atoms with Crippen LogP contribution < -0.4 is 0 Å². The number of carbonyl (C=O) groups is 3. The molecule has 6 nitrogen and oxygen atoms in total. The molecular weight excluding hydrogens is 865 g/mol. The summed E-state index contributed by atoms with van der Waals surface area (Å²) in [7, 11) is 0. The molecule has 1 unspecified atom stereocenters. The SMILES string of the molecule is CCCCC/C=C\C=C/CCCCCCCCC(=O)OCC(COC(=O)CCCCCCCCC/C=C\CCCCCCCCCC)OC(=O)CCCCCCC\C=C/C=C\C=C/CCCCCCC. The molecule has 0 aromatic heterocycles. The largest absolute Gasteiger partial charge is 0.462 e. The van der Waals surface area contributed by atoms with Gasteiger partial charge in [0.25, 0.3) is 0 Å². The average molecular weight is 978 g/mol. The predicted molar refractivity (Wildman–Crippen MR) is 302 cm³/mol. The highest BCUT2D eigenvalue weighted by Crippen LogP contribution is 2.15. The van der Waals surface area contributed by atoms with Gasteiger partial charge in [-0.3, -0.25) is 14.4 Å². The van der Waals surface area contributed by atoms with Crippen LogP contribution in [0.3, 0.4) is 0 Å². The zero-order valence-corrected chi connectivity index (χ0v) is 46.3. The zero-order chi connectivity index (χ0) is 50.7. The Bertz CT molecular complexity index is 1310. The van der Waals surface area contributed by atoms with Crippen LogP contribution in [-0.4, -0.2) is 37.2 Å². The first-order chi connectivity index (χ1) is 34.5. The highest BCUT2D eigenvalue weighted by atomic mass is 16.6. The second kappa shape index (κ2) is 58.4. The van der Waals surface area contributed by atoms with Crippen molar-refractivity contribution in [3.63, 3.8) is 0 Å². The molecule has 0 fully saturated rings. The summed E-state index contributed by atoms with van der Waals surface area (Å²) >= 11 is 0. The molecule has 6 heteroatoms. The molecule has 0 aromatic rings. The quantitative estimate of drug-likeness (QED) is 0.0199. The molecule has 0 saturated carbocycles. The van der Waals surface area contributed by atoms with Crippen LogP contribution in [0, 0.1) is 0 Å². The van der Waals surface area contributed by atoms with Crippen molar-refractivity contribution in [1.82, 2.24) is 0 Å². The topological polar surface area (TPSA) is 78.9 Å². The van der Waals surface area contributed by atoms with E-state index in [0.29, 0.717) is 19.3 Å². The van der Waals surface area contributed by atoms with E-state index in [0.717, 1.165) is 89.9 Å². The summed E-state index contributed by atoms with van der Waals surface area (Å²) in [6, 6.07) is 0. The lowest BCUT2D eigenvalue weighted by Gasteiger charge is -2.18. The van der Waals surface area contributed by atoms with Crippen LogP contribution >= 0.6 is 0 Å². The fourth-order valence-corrected chi connectivity index (χ4v) is 8.43. The maximum absolute atomic E-state index is 12.9. The lowest BCUT2D eigenvalue weighted by Crippen LogP contribution is -2.30. The number of rotatable bonds is 54. The van der Waals surface area contributed by atoms with Gasteiger partial charge in [-0.1, -0.05) is 254 Å². The van der Waals surface area contributed by atoms with Crippen LogP contribution in [0.15, 0.2) is 72.9 Å². The number of hydrogen-bond acceptors (Lipinski definition) is 6. The lowest BCUT2D eigenvalue weighted by atomic mass is 10.1. The first kappa shape index (κ1) is 66.9. The molecule has 0 heterocycles. The molecule has 70 heavy (non-hydrogen) atoms. The number of carbonyl (C=O) groups excluding carboxylic acids is 3. The van der Waals surface area contributed by atoms with Gasteiger partial charge in [-0.15, -0.1) is 0 Å². The van der Waals surface area contributed by atoms with Crippen molar-refractivity contribution < 1.29 is 28.6 Å². The molecule has 0 bridgehead atoms. The number of ether oxygens (including phenoxy) is 3. The monoisotopic (exact) mass is 977 g/mol. The Kier molecular flexibility index (Phi) is 55.8. The van der Waals surface area contributed by atoms with Crippen molar-refractivity contribution in [3.8, 4) is 0 Å². The second-order valence-electron chi connectivity index (χ2n) is 20.0. The van der Waals surface area contributed by atoms with Crippen molar-refractivity contribution in [3.05, 3.63) is 72.9 Å². The van der Waals surface area contributed by atoms with Gasteiger partial charge in [0.05, 0.1) is 0 Å². The molecule has 404 valence electrons. The third-order valence-corrected chi connectivity index (χ3v) is 13.0. The summed E-state index contributed by atoms with van der Waals surface area (Å²) < 4.78 is 16.9. The van der Waals surface area contributed by atoms with E-state index >= 15 is 0 Å². The Morgan fingerprint density at radius 1 is 0.286 bits per heavy atom. The summed E-state index contributed by atoms with van der Waals surface area (Å²) in [6.07, 6.45) is 74.6. The summed E-state index contributed by atoms with van der Waals surface area (Å²) in [6.45, 7) is 6.59. The van der Waals surface area contributed by atoms with Gasteiger partial charge in [-0.25, -0.2) is 0 Å². The van der Waals surface area contributed by atoms with E-state index in [1.165, 1.54) is 167 Å². The van der Waals surface area contributed by atoms with Gasteiger partial charge < -0.3 is 14.2 Å². The van der Waals surface area contributed by atoms with Crippen LogP contribution in [0.4, 0.5) is 0 Å². The van der Waals surface area contributed by atoms with E-state index in [2.05, 4.69) is 93.7 Å². The summed E-state index contributed by atoms with van der Waals surface area (Å²) in [4.78, 5) is 38.2. The smallest absolute Gasteiger partial charge is 0.306 e. The third-order valence-electron chi connectivity index (χ3n) is 13.0. The first-order valence-corrected chi connectivity index (χ1v) is 30.0. The third kappa shape index (κ3) is 55.8. The Morgan fingerprint density at radius 3 is 0.871 bits per heavy atom. The Morgan fingerprint density at radius 2 is 0.529 bits per heavy atom. The molecule has 0 amide bonds. The van der Waals surface area contributed by atoms with Gasteiger partial charge in [0.15, 0.2) is 6.10 Å². The van der Waals surface area contributed by atoms with Crippen molar-refractivity contribution in [2.45, 2.75) is 303 Å². The molecule has 0 aliphatic carbocycles. The van der Waals surface area contributed by atoms with Crippen LogP contribution in [0.1, 0.15) is 297 Å². The Hall–Kier alpha value is -3.15. The normalized spacial score (nSPS) is 12.6. The minimum absolute atomic E-state index is 0.0893. The van der Waals surface area contributed by atoms with Gasteiger partial charge in [-0.2, -0.15) is 0 Å². The summed E-state index contributed by atoms with van der Waals surface area (Å²) in [5.41, 5.74) is 0. The minimum Gasteiger partial charge on any atom is -0.462 e. The highest BCUT2D eigenvalue weighted by Gasteiger charge is 2.19. The molecule has 0 aliphatic rings. The molecule has 1 atom stereocenters. The second-order valence-corrected chi connectivity index (χ2v) is 20.0. The van der Waals surface area contributed by atoms with E-state index in [1.54, 1.807) is 0 Å². The molecule has 0 radical (unpaired) electrons. The van der Waals surface area contributed by atoms with Gasteiger partial charge in [-0.05, 0) is 96.3 Å². The molecular formula is C64H112O6. The Labute approximate surface area is 433 Å². The van der Waals surface area contributed by atoms with Gasteiger partial charge in [0.1, 0.15) is 13.2 Å². The molecule has 0 saturated heterocycles. The first-order valence-electron chi connectivity index (χ1n) is 30.0. The zero-order valence-electron chi connectivity index (χ0n) is 46.3. The number of unbranched alkanes of at least 4 members (excludes halogenated alkanes) is 34. The fourth-order valence-electron chi connectivity index (χ4n) is 8.43. The predicted octanol–water partition coefficient (Wildman–Crippen LogP) is 20.2. The molecule has 0 aliphatic heterocycles. The minimum atomic E-state index is -0.794. The van der Waals surface area contributed by atoms with Gasteiger partial charge >= 0.3 is 17.9 Å². The maximum Gasteiger partial charge on any atom is 0.306 e. The molecule has 0 aromatic carbocycles. The number of allylic oxidation sites excluding steroid dienone is 12. The Balaban J connectivity index is 4.43. The average Bonchev–Trinajstić information content (AvgIpc) is 3.36. The molecule has 0 rings (SSSR count). The number of hydrogen-bond donors (Lipinski definition) is 0. The lowest BCUT2D eigenvalue weighted by molar-refractivity contribution is -0.167. The van der Waals surface area contributed by atoms with Crippen molar-refractivity contribution in [2.24, 2.45) is 0 Å². The van der Waals surface area contributed by atoms with E-state index < -0.39 is 6.10 Å². The molecule has 0 spiro atoms. The molecule has 0 N–H and O–H groups in total. The summed E-state index contributed by atoms with van der Waals surface area (Å²) in [5, 5.41) is 0. The highest BCUT2D eigenvalue weighted by molar-refractivity contribution is 5.71. The van der Waals surface area contributed by atoms with Crippen LogP contribution in [0.25, 0.3) is 0 Å². The fraction of sp³-hybridized carbons (Fsp3) is 0.766. The van der Waals surface area contributed by atoms with Crippen LogP contribution in [-0.2, 0) is 28.6 Å². The van der Waals surface area contributed by atoms with Crippen molar-refractivity contribution in [1.29, 1.82) is 0 Å². The summed E-state index contributed by atoms with van der Waals surface area (Å²) in [5.74, 6) is -0.915. The van der Waals surface area contributed by atoms with Crippen molar-refractivity contribution in [2.75, 3.05) is 13.2 Å². The van der Waals surface area contributed by atoms with Gasteiger partial charge in [0, 0.05) is 19.3 Å². The van der Waals surface area contributed by atoms with Crippen molar-refractivity contribution >= 4 is 17.9 Å². The van der Waals surface area contributed by atoms with Crippen LogP contribution in [0.2, 0.25) is 0 Å². The van der Waals surface area contributed by atoms with E-state index in [1.807, 2.05) is 0 Å². The van der Waals surface area contributed by atoms with Gasteiger partial charge in [0.2, 0.25) is 0 Å².